The molecule has 0 amide bonds. The molecule has 0 fully saturated rings. The fraction of sp³-hybridized carbons (Fsp3) is 0.0667. The third-order valence-electron chi connectivity index (χ3n) is 3.01. The van der Waals surface area contributed by atoms with Crippen molar-refractivity contribution in [1.29, 1.82) is 0 Å². The highest BCUT2D eigenvalue weighted by Crippen LogP contribution is 2.22. The van der Waals surface area contributed by atoms with Gasteiger partial charge in [0.1, 0.15) is 17.4 Å². The Morgan fingerprint density at radius 3 is 2.50 bits per heavy atom. The summed E-state index contributed by atoms with van der Waals surface area (Å²) in [5.74, 6) is 2.33. The van der Waals surface area contributed by atoms with Gasteiger partial charge in [0.15, 0.2) is 0 Å². The third-order valence-corrected chi connectivity index (χ3v) is 3.01. The molecule has 0 spiro atoms. The number of ether oxygens (including phenoxy) is 1. The van der Waals surface area contributed by atoms with Crippen LogP contribution in [0, 0.1) is 0 Å². The molecule has 0 aliphatic rings. The van der Waals surface area contributed by atoms with Gasteiger partial charge in [-0.15, -0.1) is 0 Å². The van der Waals surface area contributed by atoms with Gasteiger partial charge in [0.05, 0.1) is 13.3 Å². The minimum atomic E-state index is 0.725. The van der Waals surface area contributed by atoms with Gasteiger partial charge in [0.25, 0.3) is 0 Å². The quantitative estimate of drug-likeness (QED) is 0.740. The lowest BCUT2D eigenvalue weighted by Gasteiger charge is -2.08. The number of pyridine rings is 1. The van der Waals surface area contributed by atoms with Crippen LogP contribution in [0.25, 0.3) is 17.2 Å². The Labute approximate surface area is 116 Å². The molecule has 0 aliphatic carbocycles. The number of nitrogen functional groups attached to an aromatic ring is 1. The Morgan fingerprint density at radius 2 is 1.85 bits per heavy atom. The van der Waals surface area contributed by atoms with Crippen LogP contribution in [0.5, 0.6) is 5.75 Å². The Bertz CT molecular complexity index is 701. The largest absolute Gasteiger partial charge is 0.495 e. The Kier molecular flexibility index (Phi) is 3.09. The topological polar surface area (TPSA) is 66.0 Å². The van der Waals surface area contributed by atoms with Crippen LogP contribution in [0.1, 0.15) is 0 Å². The fourth-order valence-electron chi connectivity index (χ4n) is 1.97. The summed E-state index contributed by atoms with van der Waals surface area (Å²) in [5, 5.41) is 0. The van der Waals surface area contributed by atoms with Crippen molar-refractivity contribution in [3.63, 3.8) is 0 Å². The summed E-state index contributed by atoms with van der Waals surface area (Å²) < 4.78 is 7.03. The summed E-state index contributed by atoms with van der Waals surface area (Å²) in [6, 6.07) is 11.4. The summed E-state index contributed by atoms with van der Waals surface area (Å²) >= 11 is 0. The van der Waals surface area contributed by atoms with Gasteiger partial charge < -0.3 is 10.5 Å². The SMILES string of the molecule is COc1ccc(-n2ccnc2-c2ccc(N)cc2)nc1. The summed E-state index contributed by atoms with van der Waals surface area (Å²) in [6.07, 6.45) is 5.31. The number of benzene rings is 1. The lowest BCUT2D eigenvalue weighted by Crippen LogP contribution is -1.99. The molecule has 1 aromatic carbocycles. The van der Waals surface area contributed by atoms with E-state index in [0.717, 1.165) is 28.6 Å². The van der Waals surface area contributed by atoms with E-state index in [9.17, 15) is 0 Å². The minimum absolute atomic E-state index is 0.725. The highest BCUT2D eigenvalue weighted by molar-refractivity contribution is 5.60. The zero-order valence-electron chi connectivity index (χ0n) is 11.0. The average Bonchev–Trinajstić information content (AvgIpc) is 2.97. The van der Waals surface area contributed by atoms with Crippen LogP contribution in [-0.2, 0) is 0 Å². The second-order valence-electron chi connectivity index (χ2n) is 4.30. The fourth-order valence-corrected chi connectivity index (χ4v) is 1.97. The number of hydrogen-bond donors (Lipinski definition) is 1. The molecule has 0 bridgehead atoms. The molecule has 0 aliphatic heterocycles. The maximum atomic E-state index is 5.71. The number of nitrogens with zero attached hydrogens (tertiary/aromatic N) is 3. The predicted molar refractivity (Wildman–Crippen MR) is 77.8 cm³/mol. The summed E-state index contributed by atoms with van der Waals surface area (Å²) in [7, 11) is 1.62. The van der Waals surface area contributed by atoms with E-state index in [1.807, 2.05) is 47.2 Å². The molecule has 3 rings (SSSR count). The van der Waals surface area contributed by atoms with Crippen molar-refractivity contribution < 1.29 is 4.74 Å². The van der Waals surface area contributed by atoms with Crippen LogP contribution in [-0.4, -0.2) is 21.6 Å². The number of hydrogen-bond acceptors (Lipinski definition) is 4. The van der Waals surface area contributed by atoms with Crippen molar-refractivity contribution >= 4 is 5.69 Å². The van der Waals surface area contributed by atoms with Crippen molar-refractivity contribution in [2.75, 3.05) is 12.8 Å². The first kappa shape index (κ1) is 12.2. The number of anilines is 1. The van der Waals surface area contributed by atoms with Crippen molar-refractivity contribution in [1.82, 2.24) is 14.5 Å². The monoisotopic (exact) mass is 266 g/mol. The summed E-state index contributed by atoms with van der Waals surface area (Å²) in [6.45, 7) is 0. The molecule has 2 heterocycles. The molecule has 3 aromatic rings. The van der Waals surface area contributed by atoms with E-state index < -0.39 is 0 Å². The van der Waals surface area contributed by atoms with Crippen LogP contribution < -0.4 is 10.5 Å². The number of aromatic nitrogens is 3. The first-order valence-electron chi connectivity index (χ1n) is 6.17. The highest BCUT2D eigenvalue weighted by atomic mass is 16.5. The Balaban J connectivity index is 2.02. The van der Waals surface area contributed by atoms with E-state index in [2.05, 4.69) is 9.97 Å². The van der Waals surface area contributed by atoms with Gasteiger partial charge in [0, 0.05) is 23.6 Å². The number of imidazole rings is 1. The number of nitrogens with two attached hydrogens (primary N) is 1. The standard InChI is InChI=1S/C15H14N4O/c1-20-13-6-7-14(18-10-13)19-9-8-17-15(19)11-2-4-12(16)5-3-11/h2-10H,16H2,1H3. The maximum absolute atomic E-state index is 5.71. The van der Waals surface area contributed by atoms with Crippen molar-refractivity contribution in [3.8, 4) is 23.0 Å². The smallest absolute Gasteiger partial charge is 0.145 e. The number of methoxy groups -OCH3 is 1. The van der Waals surface area contributed by atoms with E-state index in [1.165, 1.54) is 0 Å². The van der Waals surface area contributed by atoms with E-state index in [-0.39, 0.29) is 0 Å². The molecular formula is C15H14N4O. The molecule has 100 valence electrons. The van der Waals surface area contributed by atoms with Gasteiger partial charge in [-0.25, -0.2) is 9.97 Å². The molecule has 0 radical (unpaired) electrons. The van der Waals surface area contributed by atoms with Crippen LogP contribution in [0.2, 0.25) is 0 Å². The highest BCUT2D eigenvalue weighted by Gasteiger charge is 2.08. The molecule has 5 heteroatoms. The van der Waals surface area contributed by atoms with Crippen molar-refractivity contribution in [3.05, 3.63) is 55.0 Å². The van der Waals surface area contributed by atoms with Crippen molar-refractivity contribution in [2.24, 2.45) is 0 Å². The summed E-state index contributed by atoms with van der Waals surface area (Å²) in [5.41, 5.74) is 7.43. The molecule has 2 aromatic heterocycles. The predicted octanol–water partition coefficient (Wildman–Crippen LogP) is 2.53. The van der Waals surface area contributed by atoms with E-state index >= 15 is 0 Å². The second kappa shape index (κ2) is 5.05. The molecule has 5 nitrogen and oxygen atoms in total. The zero-order chi connectivity index (χ0) is 13.9. The van der Waals surface area contributed by atoms with Crippen LogP contribution >= 0.6 is 0 Å². The van der Waals surface area contributed by atoms with Gasteiger partial charge in [-0.3, -0.25) is 4.57 Å². The van der Waals surface area contributed by atoms with E-state index in [4.69, 9.17) is 10.5 Å². The van der Waals surface area contributed by atoms with Gasteiger partial charge >= 0.3 is 0 Å². The third kappa shape index (κ3) is 2.21. The normalized spacial score (nSPS) is 10.4. The van der Waals surface area contributed by atoms with Gasteiger partial charge in [-0.1, -0.05) is 0 Å². The maximum Gasteiger partial charge on any atom is 0.145 e. The lowest BCUT2D eigenvalue weighted by molar-refractivity contribution is 0.413. The van der Waals surface area contributed by atoms with Gasteiger partial charge in [-0.2, -0.15) is 0 Å². The van der Waals surface area contributed by atoms with Gasteiger partial charge in [-0.05, 0) is 36.4 Å². The van der Waals surface area contributed by atoms with Crippen LogP contribution in [0.15, 0.2) is 55.0 Å². The molecular weight excluding hydrogens is 252 g/mol. The first-order valence-corrected chi connectivity index (χ1v) is 6.17. The molecule has 0 atom stereocenters. The van der Waals surface area contributed by atoms with Gasteiger partial charge in [0.2, 0.25) is 0 Å². The van der Waals surface area contributed by atoms with E-state index in [0.29, 0.717) is 0 Å². The molecule has 0 saturated heterocycles. The summed E-state index contributed by atoms with van der Waals surface area (Å²) in [4.78, 5) is 8.75. The van der Waals surface area contributed by atoms with Crippen molar-refractivity contribution in [2.45, 2.75) is 0 Å². The first-order chi connectivity index (χ1) is 9.78. The molecule has 2 N–H and O–H groups in total. The van der Waals surface area contributed by atoms with E-state index in [1.54, 1.807) is 19.5 Å². The minimum Gasteiger partial charge on any atom is -0.495 e. The Morgan fingerprint density at radius 1 is 1.05 bits per heavy atom. The van der Waals surface area contributed by atoms with Crippen LogP contribution in [0.3, 0.4) is 0 Å². The lowest BCUT2D eigenvalue weighted by atomic mass is 10.2. The number of rotatable bonds is 3. The molecule has 20 heavy (non-hydrogen) atoms. The second-order valence-corrected chi connectivity index (χ2v) is 4.30. The zero-order valence-corrected chi connectivity index (χ0v) is 11.0. The Hall–Kier alpha value is -2.82. The average molecular weight is 266 g/mol. The molecule has 0 unspecified atom stereocenters. The molecule has 0 saturated carbocycles. The van der Waals surface area contributed by atoms with Crippen LogP contribution in [0.4, 0.5) is 5.69 Å².